The summed E-state index contributed by atoms with van der Waals surface area (Å²) in [6, 6.07) is 0. The number of nitrogens with zero attached hydrogens (tertiary/aromatic N) is 2. The minimum absolute atomic E-state index is 0.337. The quantitative estimate of drug-likeness (QED) is 0.798. The number of aryl methyl sites for hydroxylation is 1. The predicted molar refractivity (Wildman–Crippen MR) is 50.9 cm³/mol. The maximum absolute atomic E-state index is 5.51. The summed E-state index contributed by atoms with van der Waals surface area (Å²) in [6.07, 6.45) is 1.71. The molecule has 5 nitrogen and oxygen atoms in total. The molecule has 0 amide bonds. The predicted octanol–water partition coefficient (Wildman–Crippen LogP) is 1.72. The Morgan fingerprint density at radius 3 is 2.85 bits per heavy atom. The summed E-state index contributed by atoms with van der Waals surface area (Å²) in [7, 11) is 0. The normalized spacial score (nSPS) is 10.6. The zero-order chi connectivity index (χ0) is 9.42. The van der Waals surface area contributed by atoms with Crippen LogP contribution in [0.1, 0.15) is 5.56 Å². The Hall–Kier alpha value is -1.30. The Bertz CT molecular complexity index is 433. The summed E-state index contributed by atoms with van der Waals surface area (Å²) in [5.74, 6) is 0.913. The van der Waals surface area contributed by atoms with Gasteiger partial charge in [-0.3, -0.25) is 5.10 Å². The van der Waals surface area contributed by atoms with Crippen LogP contribution in [0.5, 0.6) is 0 Å². The van der Waals surface area contributed by atoms with E-state index < -0.39 is 0 Å². The van der Waals surface area contributed by atoms with Crippen molar-refractivity contribution >= 4 is 21.7 Å². The third-order valence-corrected chi connectivity index (χ3v) is 2.48. The second kappa shape index (κ2) is 2.88. The number of rotatable bonds is 1. The molecule has 0 fully saturated rings. The molecule has 0 atom stereocenters. The highest BCUT2D eigenvalue weighted by molar-refractivity contribution is 9.10. The van der Waals surface area contributed by atoms with Crippen molar-refractivity contribution in [1.82, 2.24) is 15.4 Å². The maximum atomic E-state index is 5.51. The summed E-state index contributed by atoms with van der Waals surface area (Å²) in [5, 5.41) is 10.3. The van der Waals surface area contributed by atoms with Crippen molar-refractivity contribution in [2.75, 3.05) is 5.73 Å². The number of nitrogen functional groups attached to an aromatic ring is 1. The molecule has 0 unspecified atom stereocenters. The Morgan fingerprint density at radius 2 is 2.38 bits per heavy atom. The van der Waals surface area contributed by atoms with Gasteiger partial charge in [-0.1, -0.05) is 5.16 Å². The molecule has 3 N–H and O–H groups in total. The number of halogens is 1. The first kappa shape index (κ1) is 8.31. The van der Waals surface area contributed by atoms with Crippen LogP contribution in [-0.2, 0) is 0 Å². The third kappa shape index (κ3) is 1.23. The molecule has 2 aromatic heterocycles. The van der Waals surface area contributed by atoms with E-state index in [1.54, 1.807) is 6.20 Å². The molecule has 68 valence electrons. The fourth-order valence-electron chi connectivity index (χ4n) is 1.02. The van der Waals surface area contributed by atoms with E-state index in [0.29, 0.717) is 16.1 Å². The second-order valence-electron chi connectivity index (χ2n) is 2.64. The van der Waals surface area contributed by atoms with Crippen LogP contribution in [0.25, 0.3) is 11.5 Å². The van der Waals surface area contributed by atoms with E-state index in [4.69, 9.17) is 10.3 Å². The van der Waals surface area contributed by atoms with Gasteiger partial charge in [0.25, 0.3) is 0 Å². The number of H-pyrrole nitrogens is 1. The van der Waals surface area contributed by atoms with Crippen molar-refractivity contribution in [3.63, 3.8) is 0 Å². The van der Waals surface area contributed by atoms with Gasteiger partial charge in [0.1, 0.15) is 10.2 Å². The smallest absolute Gasteiger partial charge is 0.201 e. The SMILES string of the molecule is Cc1cn[nH]c1-c1onc(N)c1Br. The Balaban J connectivity index is 2.59. The number of aromatic amines is 1. The first-order chi connectivity index (χ1) is 6.20. The number of anilines is 1. The molecule has 0 aliphatic heterocycles. The van der Waals surface area contributed by atoms with Crippen LogP contribution < -0.4 is 5.73 Å². The molecule has 0 aliphatic carbocycles. The molecule has 0 saturated heterocycles. The molecular formula is C7H7BrN4O. The van der Waals surface area contributed by atoms with E-state index >= 15 is 0 Å². The molecule has 0 bridgehead atoms. The average molecular weight is 243 g/mol. The van der Waals surface area contributed by atoms with Gasteiger partial charge in [-0.2, -0.15) is 5.10 Å². The molecule has 0 aliphatic rings. The monoisotopic (exact) mass is 242 g/mol. The van der Waals surface area contributed by atoms with Crippen LogP contribution in [0.4, 0.5) is 5.82 Å². The number of nitrogens with two attached hydrogens (primary N) is 1. The zero-order valence-corrected chi connectivity index (χ0v) is 8.42. The molecule has 6 heteroatoms. The highest BCUT2D eigenvalue weighted by Gasteiger charge is 2.16. The highest BCUT2D eigenvalue weighted by Crippen LogP contribution is 2.32. The first-order valence-electron chi connectivity index (χ1n) is 3.61. The van der Waals surface area contributed by atoms with Gasteiger partial charge in [-0.15, -0.1) is 0 Å². The summed E-state index contributed by atoms with van der Waals surface area (Å²) in [6.45, 7) is 1.92. The largest absolute Gasteiger partial charge is 0.380 e. The fraction of sp³-hybridized carbons (Fsp3) is 0.143. The van der Waals surface area contributed by atoms with Crippen molar-refractivity contribution in [1.29, 1.82) is 0 Å². The molecule has 0 spiro atoms. The van der Waals surface area contributed by atoms with E-state index in [1.807, 2.05) is 6.92 Å². The van der Waals surface area contributed by atoms with Crippen molar-refractivity contribution < 1.29 is 4.52 Å². The van der Waals surface area contributed by atoms with E-state index in [1.165, 1.54) is 0 Å². The highest BCUT2D eigenvalue weighted by atomic mass is 79.9. The van der Waals surface area contributed by atoms with Crippen molar-refractivity contribution in [2.45, 2.75) is 6.92 Å². The summed E-state index contributed by atoms with van der Waals surface area (Å²) < 4.78 is 5.68. The van der Waals surface area contributed by atoms with E-state index in [2.05, 4.69) is 31.3 Å². The van der Waals surface area contributed by atoms with Crippen molar-refractivity contribution in [3.8, 4) is 11.5 Å². The van der Waals surface area contributed by atoms with Crippen LogP contribution >= 0.6 is 15.9 Å². The van der Waals surface area contributed by atoms with Crippen LogP contribution in [0, 0.1) is 6.92 Å². The molecule has 2 aromatic rings. The van der Waals surface area contributed by atoms with Crippen LogP contribution in [0.15, 0.2) is 15.2 Å². The first-order valence-corrected chi connectivity index (χ1v) is 4.40. The van der Waals surface area contributed by atoms with E-state index in [0.717, 1.165) is 11.3 Å². The van der Waals surface area contributed by atoms with Crippen LogP contribution in [0.3, 0.4) is 0 Å². The fourth-order valence-corrected chi connectivity index (χ4v) is 1.37. The van der Waals surface area contributed by atoms with Gasteiger partial charge in [0.05, 0.1) is 6.20 Å². The average Bonchev–Trinajstić information content (AvgIpc) is 2.62. The minimum Gasteiger partial charge on any atom is -0.380 e. The Morgan fingerprint density at radius 1 is 1.62 bits per heavy atom. The lowest BCUT2D eigenvalue weighted by Gasteiger charge is -1.92. The van der Waals surface area contributed by atoms with Gasteiger partial charge in [-0.05, 0) is 28.4 Å². The lowest BCUT2D eigenvalue weighted by atomic mass is 10.2. The number of aromatic nitrogens is 3. The molecule has 13 heavy (non-hydrogen) atoms. The van der Waals surface area contributed by atoms with Crippen LogP contribution in [0.2, 0.25) is 0 Å². The summed E-state index contributed by atoms with van der Waals surface area (Å²) >= 11 is 3.28. The standard InChI is InChI=1S/C7H7BrN4O/c1-3-2-10-11-5(3)6-4(8)7(9)12-13-6/h2H,1H3,(H2,9,12)(H,10,11). The zero-order valence-electron chi connectivity index (χ0n) is 6.84. The number of nitrogens with one attached hydrogen (secondary N) is 1. The summed E-state index contributed by atoms with van der Waals surface area (Å²) in [4.78, 5) is 0. The second-order valence-corrected chi connectivity index (χ2v) is 3.43. The van der Waals surface area contributed by atoms with Gasteiger partial charge in [-0.25, -0.2) is 0 Å². The molecule has 0 saturated carbocycles. The molecule has 0 radical (unpaired) electrons. The molecular weight excluding hydrogens is 236 g/mol. The number of hydrogen-bond donors (Lipinski definition) is 2. The Labute approximate surface area is 82.4 Å². The minimum atomic E-state index is 0.337. The maximum Gasteiger partial charge on any atom is 0.201 e. The van der Waals surface area contributed by atoms with Crippen molar-refractivity contribution in [2.24, 2.45) is 0 Å². The van der Waals surface area contributed by atoms with Gasteiger partial charge in [0.2, 0.25) is 5.76 Å². The van der Waals surface area contributed by atoms with Gasteiger partial charge < -0.3 is 10.3 Å². The summed E-state index contributed by atoms with van der Waals surface area (Å²) in [5.41, 5.74) is 7.28. The Kier molecular flexibility index (Phi) is 1.84. The van der Waals surface area contributed by atoms with Crippen LogP contribution in [-0.4, -0.2) is 15.4 Å². The molecule has 2 heterocycles. The van der Waals surface area contributed by atoms with Crippen molar-refractivity contribution in [3.05, 3.63) is 16.2 Å². The molecule has 2 rings (SSSR count). The molecule has 0 aromatic carbocycles. The van der Waals surface area contributed by atoms with Gasteiger partial charge >= 0.3 is 0 Å². The number of hydrogen-bond acceptors (Lipinski definition) is 4. The van der Waals surface area contributed by atoms with Gasteiger partial charge in [0.15, 0.2) is 5.82 Å². The third-order valence-electron chi connectivity index (χ3n) is 1.72. The van der Waals surface area contributed by atoms with Gasteiger partial charge in [0, 0.05) is 0 Å². The lowest BCUT2D eigenvalue weighted by Crippen LogP contribution is -1.84. The topological polar surface area (TPSA) is 80.7 Å². The lowest BCUT2D eigenvalue weighted by molar-refractivity contribution is 0.434. The van der Waals surface area contributed by atoms with E-state index in [-0.39, 0.29) is 0 Å². The van der Waals surface area contributed by atoms with E-state index in [9.17, 15) is 0 Å².